The van der Waals surface area contributed by atoms with Gasteiger partial charge < -0.3 is 66.3 Å². The third-order valence-corrected chi connectivity index (χ3v) is 34.7. The molecule has 4 aliphatic carbocycles. The summed E-state index contributed by atoms with van der Waals surface area (Å²) in [4.78, 5) is 0. The smallest absolute Gasteiger partial charge is 0.123 e. The van der Waals surface area contributed by atoms with E-state index in [-0.39, 0.29) is 45.6 Å². The van der Waals surface area contributed by atoms with Crippen molar-refractivity contribution in [1.29, 1.82) is 0 Å². The number of ether oxygens (including phenoxy) is 14. The van der Waals surface area contributed by atoms with Crippen LogP contribution in [-0.2, 0) is 51.5 Å². The molecule has 0 unspecified atom stereocenters. The number of rotatable bonds is 28. The molecule has 612 valence electrons. The Bertz CT molecular complexity index is 10200. The highest BCUT2D eigenvalue weighted by atomic mass is 16.5. The molecule has 0 amide bonds. The summed E-state index contributed by atoms with van der Waals surface area (Å²) in [5.41, 5.74) is 12.1. The van der Waals surface area contributed by atoms with E-state index in [1.807, 2.05) is 84.9 Å². The van der Waals surface area contributed by atoms with Gasteiger partial charge in [0.15, 0.2) is 0 Å². The van der Waals surface area contributed by atoms with Crippen LogP contribution >= 0.6 is 0 Å². The summed E-state index contributed by atoms with van der Waals surface area (Å²) in [6, 6.07) is 42.2. The van der Waals surface area contributed by atoms with Gasteiger partial charge in [-0.15, -0.1) is 0 Å². The van der Waals surface area contributed by atoms with E-state index in [9.17, 15) is 0 Å². The predicted octanol–water partition coefficient (Wildman–Crippen LogP) is 27.9. The van der Waals surface area contributed by atoms with Gasteiger partial charge in [0, 0.05) is 53.8 Å². The van der Waals surface area contributed by atoms with Crippen molar-refractivity contribution in [2.75, 3.05) is 56.9 Å². The van der Waals surface area contributed by atoms with Crippen LogP contribution in [0.4, 0.5) is 0 Å². The Morgan fingerprint density at radius 2 is 0.282 bits per heavy atom. The van der Waals surface area contributed by atoms with Gasteiger partial charge in [0.1, 0.15) is 120 Å². The molecule has 0 radical (unpaired) electrons. The highest BCUT2D eigenvalue weighted by Gasteiger charge is 2.63. The molecule has 0 atom stereocenters. The Morgan fingerprint density at radius 1 is 0.153 bits per heavy atom. The molecule has 0 spiro atoms. The largest absolute Gasteiger partial charge is 0.497 e. The lowest BCUT2D eigenvalue weighted by Gasteiger charge is -2.45. The maximum absolute atomic E-state index is 7.58. The van der Waals surface area contributed by atoms with E-state index >= 15 is 0 Å². The van der Waals surface area contributed by atoms with Gasteiger partial charge in [-0.1, -0.05) is 0 Å². The van der Waals surface area contributed by atoms with E-state index in [4.69, 9.17) is 66.3 Å². The lowest BCUT2D eigenvalue weighted by molar-refractivity contribution is 0.275. The summed E-state index contributed by atoms with van der Waals surface area (Å²) in [5, 5.41) is 84.7. The maximum atomic E-state index is 7.58. The van der Waals surface area contributed by atoms with Crippen LogP contribution in [0.3, 0.4) is 0 Å². The second-order valence-corrected chi connectivity index (χ2v) is 39.5. The van der Waals surface area contributed by atoms with Crippen LogP contribution in [0, 0.1) is 0 Å². The normalized spacial score (nSPS) is 16.1. The van der Waals surface area contributed by atoms with E-state index in [2.05, 4.69) is 42.5 Å². The molecule has 0 aliphatic heterocycles. The van der Waals surface area contributed by atoms with Crippen molar-refractivity contribution in [2.45, 2.75) is 57.4 Å². The standard InChI is InChI=1S/C117H60O14/c1-118-44-11-38(12-45(23-44)119-2)31-128-54-19-42(20-55(28-54)129-32-39-13-46(120-3)24-47(14-39)121-4)35-126-52-9-37(10-53(27-52)127-36-43-21-56(130-33-40-15-48(122-5)25-49(16-40)123-6)29-57(22-43)131-34-41-17-50(124-7)26-51(18-41)125-8)30-117-114-110-104-90-82-74-62-59-58-60-63(62)75-77-73-67(60)69-65-61(58)64-68-66(59)72-76(74)88(90)96-94-80(72)78(68)86-84-70(64)71(65)85-87-79(69)81(73)95-97-89(77)91(83(75)82)105(104)111(114)107(97)109-101(95)99(87)103-93(85)92(84)102-98(86)100(94)108(106(96)110)115(117)112(102)113(103)116(109)117/h9-29,114H,30-36H2,1-8H3. The second-order valence-electron chi connectivity index (χ2n) is 39.5. The van der Waals surface area contributed by atoms with Crippen molar-refractivity contribution in [3.63, 3.8) is 0 Å². The summed E-state index contributed by atoms with van der Waals surface area (Å²) in [5.74, 6) is 9.06. The van der Waals surface area contributed by atoms with Crippen LogP contribution in [-0.4, -0.2) is 56.9 Å². The molecular formula is C117H60O14. The minimum absolute atomic E-state index is 0.0170. The molecule has 0 bridgehead atoms. The topological polar surface area (TPSA) is 129 Å². The Labute approximate surface area is 735 Å². The molecule has 0 saturated carbocycles. The maximum Gasteiger partial charge on any atom is 0.123 e. The van der Waals surface area contributed by atoms with E-state index < -0.39 is 5.41 Å². The Balaban J connectivity index is 0.585. The first-order valence-electron chi connectivity index (χ1n) is 45.4. The first-order valence-corrected chi connectivity index (χ1v) is 45.4. The predicted molar refractivity (Wildman–Crippen MR) is 522 cm³/mol. The lowest BCUT2D eigenvalue weighted by Crippen LogP contribution is -2.39. The van der Waals surface area contributed by atoms with Crippen molar-refractivity contribution in [2.24, 2.45) is 0 Å². The number of methoxy groups -OCH3 is 8. The van der Waals surface area contributed by atoms with Gasteiger partial charge in [-0.2, -0.15) is 0 Å². The summed E-state index contributed by atoms with van der Waals surface area (Å²) < 4.78 is 88.5. The average Bonchev–Trinajstić information content (AvgIpc) is 1.38. The van der Waals surface area contributed by atoms with Crippen LogP contribution in [0.2, 0.25) is 0 Å². The van der Waals surface area contributed by atoms with Crippen LogP contribution in [0.1, 0.15) is 67.1 Å². The second kappa shape index (κ2) is 19.8. The Hall–Kier alpha value is -15.8. The zero-order valence-corrected chi connectivity index (χ0v) is 71.4. The molecule has 35 aromatic carbocycles. The van der Waals surface area contributed by atoms with E-state index in [1.54, 1.807) is 370 Å². The van der Waals surface area contributed by atoms with Crippen LogP contribution in [0.15, 0.2) is 127 Å². The number of benzene rings is 25. The summed E-state index contributed by atoms with van der Waals surface area (Å²) in [6.07, 6.45) is 0.678. The minimum Gasteiger partial charge on any atom is -0.497 e. The molecule has 0 fully saturated rings. The average molecular weight is 1690 g/mol. The van der Waals surface area contributed by atoms with Gasteiger partial charge in [-0.05, 0) is 443 Å². The highest BCUT2D eigenvalue weighted by Crippen LogP contribution is 2.84. The van der Waals surface area contributed by atoms with Gasteiger partial charge in [-0.3, -0.25) is 0 Å². The van der Waals surface area contributed by atoms with Crippen LogP contribution in [0.25, 0.3) is 291 Å². The SMILES string of the molecule is COc1cc(COc2cc(COc3cc(CC45c6c7c8c9c%10c%11c(c%12c%13c4c4c6c6c%14c7c7c8c8c%10c%10c%15c%11c%11c%12c%12c%13c%13c4c4c6c6c%14c%14c7c7c8c%10c8c%10c%15c%11c%11c%12c%12c%13c4c4c6c6c%14c7c8c7c%10c%11c%12c4c67)C95)cc(OCc4cc(OCc5cc(OC)cc(OC)c5)cc(OCc5cc(OC)cc(OC)c5)c4)c3)cc(OCc3cc(OC)cc(OC)c3)c2)cc(OC)c1. The minimum atomic E-state index is -0.615. The Kier molecular flexibility index (Phi) is 9.78. The van der Waals surface area contributed by atoms with Crippen LogP contribution in [0.5, 0.6) is 80.5 Å². The third kappa shape index (κ3) is 6.11. The quantitative estimate of drug-likeness (QED) is 0.0431. The summed E-state index contributed by atoms with van der Waals surface area (Å²) in [7, 11) is 13.3. The zero-order valence-electron chi connectivity index (χ0n) is 71.4. The van der Waals surface area contributed by atoms with Crippen molar-refractivity contribution >= 4 is 291 Å². The monoisotopic (exact) mass is 1690 g/mol. The van der Waals surface area contributed by atoms with Crippen molar-refractivity contribution < 1.29 is 66.3 Å². The lowest BCUT2D eigenvalue weighted by atomic mass is 9.55. The molecule has 14 nitrogen and oxygen atoms in total. The molecule has 0 saturated heterocycles. The molecule has 4 aliphatic rings. The van der Waals surface area contributed by atoms with E-state index in [0.29, 0.717) is 86.9 Å². The molecule has 131 heavy (non-hydrogen) atoms. The summed E-state index contributed by atoms with van der Waals surface area (Å²) >= 11 is 0. The third-order valence-electron chi connectivity index (χ3n) is 34.7. The fourth-order valence-electron chi connectivity index (χ4n) is 31.4. The molecule has 0 N–H and O–H groups in total. The summed E-state index contributed by atoms with van der Waals surface area (Å²) in [6.45, 7) is 1.18. The number of hydrogen-bond donors (Lipinski definition) is 0. The molecule has 0 heterocycles. The van der Waals surface area contributed by atoms with E-state index in [0.717, 1.165) is 38.9 Å². The fraction of sp³-hybridized carbons (Fsp3) is 0.145. The van der Waals surface area contributed by atoms with Crippen molar-refractivity contribution in [1.82, 2.24) is 0 Å². The van der Waals surface area contributed by atoms with Gasteiger partial charge >= 0.3 is 0 Å². The molecule has 39 rings (SSSR count). The van der Waals surface area contributed by atoms with Gasteiger partial charge in [0.25, 0.3) is 0 Å². The zero-order chi connectivity index (χ0) is 84.4. The highest BCUT2D eigenvalue weighted by molar-refractivity contribution is 6.82. The first-order chi connectivity index (χ1) is 64.6. The van der Waals surface area contributed by atoms with Crippen molar-refractivity contribution in [3.8, 4) is 80.5 Å². The fourth-order valence-corrected chi connectivity index (χ4v) is 31.4. The number of hydrogen-bond acceptors (Lipinski definition) is 14. The molecule has 0 aromatic heterocycles. The molecule has 35 aromatic rings. The van der Waals surface area contributed by atoms with E-state index in [1.165, 1.54) is 0 Å². The Morgan fingerprint density at radius 3 is 0.458 bits per heavy atom. The van der Waals surface area contributed by atoms with Crippen molar-refractivity contribution in [3.05, 3.63) is 189 Å². The van der Waals surface area contributed by atoms with Gasteiger partial charge in [-0.25, -0.2) is 0 Å². The molecular weight excluding hydrogens is 1630 g/mol. The van der Waals surface area contributed by atoms with Crippen LogP contribution < -0.4 is 66.3 Å². The van der Waals surface area contributed by atoms with Gasteiger partial charge in [0.05, 0.1) is 56.9 Å². The molecule has 14 heteroatoms. The first kappa shape index (κ1) is 64.9. The van der Waals surface area contributed by atoms with Gasteiger partial charge in [0.2, 0.25) is 0 Å².